The molecule has 0 spiro atoms. The van der Waals surface area contributed by atoms with Crippen LogP contribution in [0.2, 0.25) is 0 Å². The second-order valence-corrected chi connectivity index (χ2v) is 5.38. The van der Waals surface area contributed by atoms with Gasteiger partial charge < -0.3 is 10.2 Å². The molecule has 6 heteroatoms. The molecule has 0 aliphatic rings. The number of amides is 1. The van der Waals surface area contributed by atoms with Gasteiger partial charge in [-0.25, -0.2) is 13.8 Å². The molecule has 0 bridgehead atoms. The molecule has 1 amide bonds. The van der Waals surface area contributed by atoms with Crippen LogP contribution in [0.1, 0.15) is 10.4 Å². The van der Waals surface area contributed by atoms with Gasteiger partial charge in [-0.3, -0.25) is 4.79 Å². The van der Waals surface area contributed by atoms with Crippen molar-refractivity contribution in [3.05, 3.63) is 84.1 Å². The smallest absolute Gasteiger partial charge is 0.256 e. The van der Waals surface area contributed by atoms with Gasteiger partial charge in [0.15, 0.2) is 11.6 Å². The number of halogens is 2. The van der Waals surface area contributed by atoms with Gasteiger partial charge in [0.05, 0.1) is 11.9 Å². The molecule has 1 aromatic heterocycles. The van der Waals surface area contributed by atoms with E-state index in [1.54, 1.807) is 18.3 Å². The number of nitrogens with one attached hydrogen (secondary N) is 1. The molecular weight excluding hydrogens is 324 g/mol. The number of nitrogens with zero attached hydrogens (tertiary/aromatic N) is 2. The standard InChI is InChI=1S/C19H15F2N3O/c1-24(14-5-3-2-4-6-14)15-8-10-18(22-12-15)23-19(25)13-7-9-16(20)17(21)11-13/h2-12H,1H3,(H,22,23,25). The summed E-state index contributed by atoms with van der Waals surface area (Å²) in [6, 6.07) is 16.2. The van der Waals surface area contributed by atoms with Crippen molar-refractivity contribution in [2.75, 3.05) is 17.3 Å². The Labute approximate surface area is 143 Å². The Morgan fingerprint density at radius 2 is 1.72 bits per heavy atom. The molecule has 3 aromatic rings. The van der Waals surface area contributed by atoms with E-state index in [0.29, 0.717) is 5.82 Å². The van der Waals surface area contributed by atoms with Crippen LogP contribution >= 0.6 is 0 Å². The van der Waals surface area contributed by atoms with Gasteiger partial charge in [-0.15, -0.1) is 0 Å². The first kappa shape index (κ1) is 16.6. The van der Waals surface area contributed by atoms with Crippen molar-refractivity contribution in [1.29, 1.82) is 0 Å². The van der Waals surface area contributed by atoms with Crippen molar-refractivity contribution in [1.82, 2.24) is 4.98 Å². The van der Waals surface area contributed by atoms with Crippen LogP contribution < -0.4 is 10.2 Å². The molecule has 0 fully saturated rings. The molecule has 2 aromatic carbocycles. The van der Waals surface area contributed by atoms with Crippen LogP contribution in [-0.2, 0) is 0 Å². The number of carbonyl (C=O) groups is 1. The minimum atomic E-state index is -1.07. The fraction of sp³-hybridized carbons (Fsp3) is 0.0526. The van der Waals surface area contributed by atoms with Crippen LogP contribution in [-0.4, -0.2) is 17.9 Å². The first-order valence-corrected chi connectivity index (χ1v) is 7.56. The summed E-state index contributed by atoms with van der Waals surface area (Å²) in [6.45, 7) is 0. The maximum Gasteiger partial charge on any atom is 0.256 e. The Hall–Kier alpha value is -3.28. The molecule has 25 heavy (non-hydrogen) atoms. The average Bonchev–Trinajstić information content (AvgIpc) is 2.64. The number of para-hydroxylation sites is 1. The third-order valence-electron chi connectivity index (χ3n) is 3.70. The summed E-state index contributed by atoms with van der Waals surface area (Å²) < 4.78 is 26.1. The summed E-state index contributed by atoms with van der Waals surface area (Å²) in [4.78, 5) is 18.2. The normalized spacial score (nSPS) is 10.4. The zero-order valence-electron chi connectivity index (χ0n) is 13.4. The molecule has 0 unspecified atom stereocenters. The largest absolute Gasteiger partial charge is 0.343 e. The predicted molar refractivity (Wildman–Crippen MR) is 93.1 cm³/mol. The number of hydrogen-bond donors (Lipinski definition) is 1. The Morgan fingerprint density at radius 3 is 2.36 bits per heavy atom. The first-order valence-electron chi connectivity index (χ1n) is 7.56. The van der Waals surface area contributed by atoms with Gasteiger partial charge in [-0.1, -0.05) is 18.2 Å². The van der Waals surface area contributed by atoms with E-state index < -0.39 is 17.5 Å². The van der Waals surface area contributed by atoms with Crippen molar-refractivity contribution in [2.45, 2.75) is 0 Å². The minimum Gasteiger partial charge on any atom is -0.343 e. The maximum atomic E-state index is 13.2. The Bertz CT molecular complexity index is 883. The van der Waals surface area contributed by atoms with E-state index in [1.165, 1.54) is 6.07 Å². The highest BCUT2D eigenvalue weighted by Gasteiger charge is 2.11. The van der Waals surface area contributed by atoms with Gasteiger partial charge >= 0.3 is 0 Å². The van der Waals surface area contributed by atoms with Crippen LogP contribution in [0.15, 0.2) is 66.9 Å². The molecule has 4 nitrogen and oxygen atoms in total. The monoisotopic (exact) mass is 339 g/mol. The van der Waals surface area contributed by atoms with Crippen molar-refractivity contribution < 1.29 is 13.6 Å². The molecular formula is C19H15F2N3O. The average molecular weight is 339 g/mol. The number of pyridine rings is 1. The van der Waals surface area contributed by atoms with Crippen LogP contribution in [0.5, 0.6) is 0 Å². The second kappa shape index (κ2) is 7.09. The van der Waals surface area contributed by atoms with Gasteiger partial charge in [-0.05, 0) is 42.5 Å². The van der Waals surface area contributed by atoms with Crippen molar-refractivity contribution in [3.8, 4) is 0 Å². The molecule has 0 aliphatic carbocycles. The Kier molecular flexibility index (Phi) is 4.70. The van der Waals surface area contributed by atoms with Crippen LogP contribution in [0, 0.1) is 11.6 Å². The third kappa shape index (κ3) is 3.80. The molecule has 3 rings (SSSR count). The fourth-order valence-corrected chi connectivity index (χ4v) is 2.28. The minimum absolute atomic E-state index is 0.0196. The molecule has 0 aliphatic heterocycles. The molecule has 1 heterocycles. The lowest BCUT2D eigenvalue weighted by Crippen LogP contribution is -2.14. The number of rotatable bonds is 4. The highest BCUT2D eigenvalue weighted by molar-refractivity contribution is 6.03. The molecule has 0 saturated carbocycles. The van der Waals surface area contributed by atoms with Crippen molar-refractivity contribution in [3.63, 3.8) is 0 Å². The lowest BCUT2D eigenvalue weighted by atomic mass is 10.2. The summed E-state index contributed by atoms with van der Waals surface area (Å²) in [5.41, 5.74) is 1.87. The van der Waals surface area contributed by atoms with Gasteiger partial charge in [0.25, 0.3) is 5.91 Å². The second-order valence-electron chi connectivity index (χ2n) is 5.38. The van der Waals surface area contributed by atoms with Crippen LogP contribution in [0.25, 0.3) is 0 Å². The highest BCUT2D eigenvalue weighted by atomic mass is 19.2. The fourth-order valence-electron chi connectivity index (χ4n) is 2.28. The summed E-state index contributed by atoms with van der Waals surface area (Å²) in [6.07, 6.45) is 1.62. The topological polar surface area (TPSA) is 45.2 Å². The lowest BCUT2D eigenvalue weighted by molar-refractivity contribution is 0.102. The summed E-state index contributed by atoms with van der Waals surface area (Å²) in [7, 11) is 1.91. The van der Waals surface area contributed by atoms with E-state index in [2.05, 4.69) is 10.3 Å². The molecule has 126 valence electrons. The molecule has 1 N–H and O–H groups in total. The Balaban J connectivity index is 1.72. The van der Waals surface area contributed by atoms with Crippen molar-refractivity contribution in [2.24, 2.45) is 0 Å². The number of anilines is 3. The molecule has 0 saturated heterocycles. The zero-order chi connectivity index (χ0) is 17.8. The molecule has 0 atom stereocenters. The van der Waals surface area contributed by atoms with E-state index in [0.717, 1.165) is 23.5 Å². The summed E-state index contributed by atoms with van der Waals surface area (Å²) in [5, 5.41) is 2.55. The van der Waals surface area contributed by atoms with E-state index >= 15 is 0 Å². The SMILES string of the molecule is CN(c1ccccc1)c1ccc(NC(=O)c2ccc(F)c(F)c2)nc1. The predicted octanol–water partition coefficient (Wildman–Crippen LogP) is 4.38. The zero-order valence-corrected chi connectivity index (χ0v) is 13.4. The van der Waals surface area contributed by atoms with Crippen molar-refractivity contribution >= 4 is 23.1 Å². The van der Waals surface area contributed by atoms with E-state index in [1.807, 2.05) is 42.3 Å². The van der Waals surface area contributed by atoms with E-state index in [4.69, 9.17) is 0 Å². The highest BCUT2D eigenvalue weighted by Crippen LogP contribution is 2.23. The quantitative estimate of drug-likeness (QED) is 0.767. The lowest BCUT2D eigenvalue weighted by Gasteiger charge is -2.19. The number of aromatic nitrogens is 1. The van der Waals surface area contributed by atoms with Crippen LogP contribution in [0.3, 0.4) is 0 Å². The molecule has 0 radical (unpaired) electrons. The number of hydrogen-bond acceptors (Lipinski definition) is 3. The summed E-state index contributed by atoms with van der Waals surface area (Å²) >= 11 is 0. The maximum absolute atomic E-state index is 13.2. The van der Waals surface area contributed by atoms with Gasteiger partial charge in [0.2, 0.25) is 0 Å². The number of carbonyl (C=O) groups excluding carboxylic acids is 1. The van der Waals surface area contributed by atoms with Gasteiger partial charge in [-0.2, -0.15) is 0 Å². The van der Waals surface area contributed by atoms with Crippen LogP contribution in [0.4, 0.5) is 26.0 Å². The summed E-state index contributed by atoms with van der Waals surface area (Å²) in [5.74, 6) is -2.31. The van der Waals surface area contributed by atoms with Gasteiger partial charge in [0.1, 0.15) is 5.82 Å². The van der Waals surface area contributed by atoms with Gasteiger partial charge in [0, 0.05) is 18.3 Å². The van der Waals surface area contributed by atoms with E-state index in [9.17, 15) is 13.6 Å². The third-order valence-corrected chi connectivity index (χ3v) is 3.70. The van der Waals surface area contributed by atoms with E-state index in [-0.39, 0.29) is 5.56 Å². The first-order chi connectivity index (χ1) is 12.0. The number of benzene rings is 2. The Morgan fingerprint density at radius 1 is 0.960 bits per heavy atom.